The van der Waals surface area contributed by atoms with Gasteiger partial charge >= 0.3 is 67.3 Å². The van der Waals surface area contributed by atoms with Crippen LogP contribution in [0.5, 0.6) is 0 Å². The van der Waals surface area contributed by atoms with Crippen molar-refractivity contribution in [2.45, 2.75) is 219 Å². The third-order valence-corrected chi connectivity index (χ3v) is 25.0. The molecule has 46 heteroatoms. The number of aliphatic carboxylic acids is 3. The maximum atomic E-state index is 13.7. The van der Waals surface area contributed by atoms with E-state index in [1.165, 1.54) is 150 Å². The molecule has 1 saturated heterocycles. The number of benzene rings is 4. The number of carbonyl (C=O) groups is 3. The molecule has 8 aromatic rings. The van der Waals surface area contributed by atoms with Crippen molar-refractivity contribution in [3.8, 4) is 45.0 Å². The molecular weight excluding hydrogens is 1960 g/mol. The van der Waals surface area contributed by atoms with Gasteiger partial charge in [0.05, 0.1) is 139 Å². The second kappa shape index (κ2) is 56.0. The van der Waals surface area contributed by atoms with Crippen LogP contribution in [-0.2, 0) is 68.7 Å². The minimum Gasteiger partial charge on any atom is -0.550 e. The number of sulfonamides is 4. The van der Waals surface area contributed by atoms with E-state index in [1.54, 1.807) is 19.2 Å². The molecule has 36 nitrogen and oxygen atoms in total. The maximum Gasteiger partial charge on any atom is 2.00 e. The van der Waals surface area contributed by atoms with Crippen molar-refractivity contribution in [1.82, 2.24) is 39.9 Å². The van der Waals surface area contributed by atoms with Crippen molar-refractivity contribution in [2.75, 3.05) is 84.1 Å². The number of carboxylic acids is 3. The first-order valence-electron chi connectivity index (χ1n) is 43.9. The van der Waals surface area contributed by atoms with Crippen LogP contribution in [-0.4, -0.2) is 287 Å². The number of anilines is 4. The molecule has 764 valence electrons. The Morgan fingerprint density at radius 2 is 0.652 bits per heavy atom. The number of nitrogens with zero attached hydrogens (tertiary/aromatic N) is 12. The summed E-state index contributed by atoms with van der Waals surface area (Å²) in [5, 5.41) is 91.7. The first-order valence-corrected chi connectivity index (χ1v) is 51.3. The van der Waals surface area contributed by atoms with Crippen LogP contribution in [0.1, 0.15) is 204 Å². The molecule has 4 aromatic heterocycles. The van der Waals surface area contributed by atoms with Gasteiger partial charge in [-0.25, -0.2) is 108 Å². The summed E-state index contributed by atoms with van der Waals surface area (Å²) in [4.78, 5) is 67.5. The summed E-state index contributed by atoms with van der Waals surface area (Å²) in [6.45, 7) is 25.2. The molecule has 0 bridgehead atoms. The van der Waals surface area contributed by atoms with Crippen LogP contribution in [0.25, 0.3) is 69.3 Å². The van der Waals surface area contributed by atoms with Crippen LogP contribution < -0.4 is 67.8 Å². The Kier molecular flexibility index (Phi) is 50.2. The van der Waals surface area contributed by atoms with E-state index in [2.05, 4.69) is 45.6 Å². The zero-order valence-corrected chi connectivity index (χ0v) is 91.0. The summed E-state index contributed by atoms with van der Waals surface area (Å²) < 4.78 is 173. The Morgan fingerprint density at radius 3 is 0.851 bits per heavy atom. The van der Waals surface area contributed by atoms with Gasteiger partial charge in [0.2, 0.25) is 63.9 Å². The van der Waals surface area contributed by atoms with Gasteiger partial charge in [0.15, 0.2) is 5.79 Å². The number of carbonyl (C=O) groups excluding carboxylic acids is 3. The van der Waals surface area contributed by atoms with Crippen molar-refractivity contribution >= 4 is 144 Å². The molecule has 5 heterocycles. The second-order valence-electron chi connectivity index (χ2n) is 35.2. The third kappa shape index (κ3) is 40.9. The van der Waals surface area contributed by atoms with Crippen molar-refractivity contribution in [3.05, 3.63) is 190 Å². The number of aliphatic hydroxyl groups is 6. The van der Waals surface area contributed by atoms with E-state index in [9.17, 15) is 112 Å². The predicted molar refractivity (Wildman–Crippen MR) is 523 cm³/mol. The number of hydrogen-bond acceptors (Lipinski definition) is 31. The number of quaternary nitrogens is 1. The summed E-state index contributed by atoms with van der Waals surface area (Å²) in [7, 11) is -7.44. The zero-order valence-electron chi connectivity index (χ0n) is 83.5. The first-order chi connectivity index (χ1) is 64.3. The van der Waals surface area contributed by atoms with Crippen LogP contribution in [0.15, 0.2) is 121 Å². The number of rotatable bonds is 38. The van der Waals surface area contributed by atoms with Gasteiger partial charge in [-0.1, -0.05) is 104 Å². The molecule has 4 aromatic carbocycles. The molecule has 8 atom stereocenters. The summed E-state index contributed by atoms with van der Waals surface area (Å²) in [6.07, 6.45) is 6.85. The smallest absolute Gasteiger partial charge is 0.550 e. The fraction of sp³-hybridized carbons (Fsp3) is 0.463. The number of aliphatic hydroxyl groups excluding tert-OH is 6. The Hall–Kier alpha value is -8.85. The molecule has 0 unspecified atom stereocenters. The van der Waals surface area contributed by atoms with Gasteiger partial charge in [-0.15, -0.1) is 0 Å². The fourth-order valence-electron chi connectivity index (χ4n) is 13.2. The van der Waals surface area contributed by atoms with Gasteiger partial charge in [0.1, 0.15) is 23.3 Å². The molecule has 0 radical (unpaired) electrons. The fourth-order valence-corrected chi connectivity index (χ4v) is 14.7. The minimum atomic E-state index is -3.66. The van der Waals surface area contributed by atoms with Crippen LogP contribution in [0.3, 0.4) is 0 Å². The van der Waals surface area contributed by atoms with Crippen LogP contribution in [0.2, 0.25) is 0 Å². The number of halogens is 4. The van der Waals surface area contributed by atoms with Crippen molar-refractivity contribution in [3.63, 3.8) is 0 Å². The normalized spacial score (nSPS) is 15.3. The van der Waals surface area contributed by atoms with Gasteiger partial charge in [-0.05, 0) is 155 Å². The molecular formula is C95H127CaF4N13NaO23S4+. The third-order valence-electron chi connectivity index (χ3n) is 20.4. The summed E-state index contributed by atoms with van der Waals surface area (Å²) in [5.41, 5.74) is 10.8. The van der Waals surface area contributed by atoms with Crippen LogP contribution in [0.4, 0.5) is 41.4 Å². The molecule has 1 aliphatic rings. The van der Waals surface area contributed by atoms with Crippen molar-refractivity contribution < 1.29 is 161 Å². The van der Waals surface area contributed by atoms with Gasteiger partial charge in [0.25, 0.3) is 0 Å². The SMILES string of the molecule is CC(C)c1nc(N(C)S(C)(=O)=O)nc(-c2ccc(F)cc2)c1/C=C/[C@@H](O)C[C@@H](O)CC(=O)[O-].CC(C)c1nc(N(C)S(C)(=O)=O)nc(-c2ccc(F)cc2)c1/C=C/[C@@H](O)C[C@@H](O)CC(=O)[O-].CC(C)c1nc(N(C)S(C)(=O)=O)nc(-c2ccc(F)cc2)c1/C=C/[C@@H](O)C[C@@H](O)CC(=O)[O-].CC(C)c1nc(N(C)S(C)(=O)=O)nc(-c2ccc(F)cc2)c1/C=C/[C@@H]1C[C@H](COC(C)(C)C)OC(C)(C)O1.C[NH3+].[Ca+2].[Na+]. The van der Waals surface area contributed by atoms with E-state index in [-0.39, 0.29) is 158 Å². The molecule has 141 heavy (non-hydrogen) atoms. The Bertz CT molecular complexity index is 5680. The quantitative estimate of drug-likeness (QED) is 0.0210. The number of hydrogen-bond donors (Lipinski definition) is 7. The summed E-state index contributed by atoms with van der Waals surface area (Å²) in [6, 6.07) is 22.3. The maximum absolute atomic E-state index is 13.7. The van der Waals surface area contributed by atoms with Crippen LogP contribution >= 0.6 is 0 Å². The molecule has 9 rings (SSSR count). The van der Waals surface area contributed by atoms with E-state index in [0.717, 1.165) is 42.2 Å². The van der Waals surface area contributed by atoms with Gasteiger partial charge in [-0.3, -0.25) is 0 Å². The van der Waals surface area contributed by atoms with Crippen molar-refractivity contribution in [1.29, 1.82) is 0 Å². The molecule has 9 N–H and O–H groups in total. The van der Waals surface area contributed by atoms with Gasteiger partial charge in [-0.2, -0.15) is 0 Å². The number of ether oxygens (including phenoxy) is 3. The molecule has 0 spiro atoms. The average molecular weight is 2090 g/mol. The molecule has 1 aliphatic heterocycles. The Morgan fingerprint density at radius 1 is 0.433 bits per heavy atom. The van der Waals surface area contributed by atoms with E-state index in [1.807, 2.05) is 102 Å². The molecule has 0 aliphatic carbocycles. The van der Waals surface area contributed by atoms with E-state index in [4.69, 9.17) is 14.2 Å². The van der Waals surface area contributed by atoms with E-state index < -0.39 is 137 Å². The zero-order chi connectivity index (χ0) is 105. The predicted octanol–water partition coefficient (Wildman–Crippen LogP) is 4.22. The first kappa shape index (κ1) is 126. The van der Waals surface area contributed by atoms with Gasteiger partial charge < -0.3 is 80.3 Å². The van der Waals surface area contributed by atoms with Crippen molar-refractivity contribution in [2.24, 2.45) is 0 Å². The molecule has 0 saturated carbocycles. The summed E-state index contributed by atoms with van der Waals surface area (Å²) in [5.74, 6) is -7.60. The Balaban J connectivity index is 0.000000479. The average Bonchev–Trinajstić information content (AvgIpc) is 0.793. The molecule has 1 fully saturated rings. The monoisotopic (exact) mass is 2080 g/mol. The minimum absolute atomic E-state index is 0. The van der Waals surface area contributed by atoms with E-state index >= 15 is 0 Å². The second-order valence-corrected chi connectivity index (χ2v) is 43.3. The number of carboxylic acid groups (broad SMARTS) is 3. The largest absolute Gasteiger partial charge is 2.00 e. The topological polar surface area (TPSA) is 550 Å². The Labute approximate surface area is 875 Å². The standard InChI is InChI=1S/C28H40FN3O5S.3C22H28FN3O6S.CH5N.Ca.Na/c1-18(2)24-23(15-14-21-16-22(17-35-27(3,4)5)37-28(6,7)36-21)25(19-10-12-20(29)13-11-19)31-26(30-24)32(8)38(9,33)34;3*1-13(2)20-18(10-9-16(27)11-17(28)12-19(29)30)21(14-5-7-15(23)8-6-14)25-22(24-20)26(3)33(4,31)32;1-2;;/h10-15,18,21-22H,16-17H2,1-9H3;3*5-10,13,16-17,27-28H,11-12H2,1-4H3,(H,29,30);2H2,1H3;;/q;;;;;+2;+1/p-2/b15-14+;3*10-9+;;;/t21-,22-;3*16-,17-;;;/m1111.../s1. The summed E-state index contributed by atoms with van der Waals surface area (Å²) >= 11 is 0. The molecule has 0 amide bonds. The van der Waals surface area contributed by atoms with Crippen LogP contribution in [0, 0.1) is 23.3 Å². The van der Waals surface area contributed by atoms with E-state index in [0.29, 0.717) is 103 Å². The number of aromatic nitrogens is 8. The van der Waals surface area contributed by atoms with Gasteiger partial charge in [0, 0.05) is 136 Å².